The van der Waals surface area contributed by atoms with Crippen molar-refractivity contribution in [1.29, 1.82) is 0 Å². The van der Waals surface area contributed by atoms with Gasteiger partial charge in [-0.25, -0.2) is 0 Å². The van der Waals surface area contributed by atoms with Gasteiger partial charge in [-0.1, -0.05) is 30.4 Å². The van der Waals surface area contributed by atoms with E-state index in [4.69, 9.17) is 18.0 Å². The van der Waals surface area contributed by atoms with Crippen molar-refractivity contribution in [2.24, 2.45) is 5.73 Å². The average Bonchev–Trinajstić information content (AvgIpc) is 2.48. The predicted octanol–water partition coefficient (Wildman–Crippen LogP) is 3.32. The smallest absolute Gasteiger partial charge is 0.106 e. The molecular formula is C16H14N4S. The lowest BCUT2D eigenvalue weighted by Crippen LogP contribution is -2.12. The minimum absolute atomic E-state index is 0.337. The second-order valence-electron chi connectivity index (χ2n) is 4.74. The highest BCUT2D eigenvalue weighted by atomic mass is 32.1. The van der Waals surface area contributed by atoms with Crippen LogP contribution >= 0.6 is 12.2 Å². The van der Waals surface area contributed by atoms with Crippen molar-refractivity contribution in [3.8, 4) is 0 Å². The Morgan fingerprint density at radius 3 is 2.81 bits per heavy atom. The molecule has 1 aromatic carbocycles. The number of aryl methyl sites for hydroxylation is 1. The third-order valence-corrected chi connectivity index (χ3v) is 3.44. The minimum Gasteiger partial charge on any atom is -0.389 e. The number of thiocarbonyl (C=S) groups is 1. The van der Waals surface area contributed by atoms with E-state index in [2.05, 4.69) is 21.4 Å². The van der Waals surface area contributed by atoms with Gasteiger partial charge in [0.15, 0.2) is 0 Å². The molecule has 0 amide bonds. The molecule has 0 unspecified atom stereocenters. The zero-order valence-corrected chi connectivity index (χ0v) is 12.3. The Morgan fingerprint density at radius 1 is 1.14 bits per heavy atom. The van der Waals surface area contributed by atoms with Gasteiger partial charge in [-0.05, 0) is 25.1 Å². The Morgan fingerprint density at radius 2 is 2.00 bits per heavy atom. The minimum atomic E-state index is 0.337. The zero-order valence-electron chi connectivity index (χ0n) is 11.5. The molecule has 3 aromatic rings. The van der Waals surface area contributed by atoms with Gasteiger partial charge in [0.25, 0.3) is 0 Å². The van der Waals surface area contributed by atoms with Crippen LogP contribution in [-0.2, 0) is 0 Å². The van der Waals surface area contributed by atoms with Crippen molar-refractivity contribution in [3.63, 3.8) is 0 Å². The standard InChI is InChI=1S/C16H14N4S/c1-10-5-6-11-3-2-4-13(15(11)19-10)20-14-9-18-8-7-12(14)16(17)21/h2-9,20H,1H3,(H2,17,21). The molecule has 0 aliphatic carbocycles. The maximum Gasteiger partial charge on any atom is 0.106 e. The molecule has 0 saturated carbocycles. The topological polar surface area (TPSA) is 63.8 Å². The molecule has 0 saturated heterocycles. The van der Waals surface area contributed by atoms with Crippen LogP contribution in [0, 0.1) is 6.92 Å². The van der Waals surface area contributed by atoms with Crippen LogP contribution in [0.25, 0.3) is 10.9 Å². The SMILES string of the molecule is Cc1ccc2cccc(Nc3cnccc3C(N)=S)c2n1. The lowest BCUT2D eigenvalue weighted by molar-refractivity contribution is 1.25. The van der Waals surface area contributed by atoms with Crippen molar-refractivity contribution in [1.82, 2.24) is 9.97 Å². The first-order chi connectivity index (χ1) is 10.1. The van der Waals surface area contributed by atoms with E-state index in [0.29, 0.717) is 4.99 Å². The highest BCUT2D eigenvalue weighted by Crippen LogP contribution is 2.26. The first kappa shape index (κ1) is 13.5. The van der Waals surface area contributed by atoms with Gasteiger partial charge in [0.2, 0.25) is 0 Å². The molecule has 0 bridgehead atoms. The molecule has 0 aliphatic rings. The number of para-hydroxylation sites is 1. The number of pyridine rings is 2. The maximum atomic E-state index is 5.75. The Labute approximate surface area is 128 Å². The van der Waals surface area contributed by atoms with Crippen LogP contribution in [0.5, 0.6) is 0 Å². The predicted molar refractivity (Wildman–Crippen MR) is 89.9 cm³/mol. The number of nitrogens with one attached hydrogen (secondary N) is 1. The average molecular weight is 294 g/mol. The van der Waals surface area contributed by atoms with Gasteiger partial charge >= 0.3 is 0 Å². The zero-order chi connectivity index (χ0) is 14.8. The number of hydrogen-bond acceptors (Lipinski definition) is 4. The van der Waals surface area contributed by atoms with Crippen molar-refractivity contribution >= 4 is 39.5 Å². The second-order valence-corrected chi connectivity index (χ2v) is 5.18. The third-order valence-electron chi connectivity index (χ3n) is 3.22. The molecule has 4 nitrogen and oxygen atoms in total. The van der Waals surface area contributed by atoms with Crippen LogP contribution in [0.1, 0.15) is 11.3 Å². The summed E-state index contributed by atoms with van der Waals surface area (Å²) in [6, 6.07) is 11.8. The van der Waals surface area contributed by atoms with Crippen molar-refractivity contribution in [2.75, 3.05) is 5.32 Å². The van der Waals surface area contributed by atoms with E-state index < -0.39 is 0 Å². The normalized spacial score (nSPS) is 10.5. The Kier molecular flexibility index (Phi) is 3.50. The van der Waals surface area contributed by atoms with E-state index in [9.17, 15) is 0 Å². The summed E-state index contributed by atoms with van der Waals surface area (Å²) >= 11 is 5.08. The van der Waals surface area contributed by atoms with Gasteiger partial charge < -0.3 is 11.1 Å². The first-order valence-electron chi connectivity index (χ1n) is 6.52. The van der Waals surface area contributed by atoms with E-state index in [1.54, 1.807) is 18.5 Å². The lowest BCUT2D eigenvalue weighted by Gasteiger charge is -2.12. The van der Waals surface area contributed by atoms with Crippen molar-refractivity contribution in [2.45, 2.75) is 6.92 Å². The van der Waals surface area contributed by atoms with E-state index in [1.807, 2.05) is 31.2 Å². The van der Waals surface area contributed by atoms with Gasteiger partial charge in [-0.15, -0.1) is 0 Å². The molecule has 5 heteroatoms. The fraction of sp³-hybridized carbons (Fsp3) is 0.0625. The summed E-state index contributed by atoms with van der Waals surface area (Å²) in [5.74, 6) is 0. The first-order valence-corrected chi connectivity index (χ1v) is 6.93. The number of rotatable bonds is 3. The second kappa shape index (κ2) is 5.46. The third kappa shape index (κ3) is 2.68. The number of benzene rings is 1. The van der Waals surface area contributed by atoms with E-state index >= 15 is 0 Å². The maximum absolute atomic E-state index is 5.75. The Hall–Kier alpha value is -2.53. The lowest BCUT2D eigenvalue weighted by atomic mass is 10.1. The monoisotopic (exact) mass is 294 g/mol. The fourth-order valence-electron chi connectivity index (χ4n) is 2.20. The number of anilines is 2. The van der Waals surface area contributed by atoms with Gasteiger partial charge in [0.1, 0.15) is 4.99 Å². The van der Waals surface area contributed by atoms with Crippen LogP contribution in [0.4, 0.5) is 11.4 Å². The van der Waals surface area contributed by atoms with Gasteiger partial charge in [0.05, 0.1) is 23.1 Å². The summed E-state index contributed by atoms with van der Waals surface area (Å²) in [5.41, 5.74) is 10.1. The summed E-state index contributed by atoms with van der Waals surface area (Å²) < 4.78 is 0. The Balaban J connectivity index is 2.11. The van der Waals surface area contributed by atoms with Crippen LogP contribution in [0.2, 0.25) is 0 Å². The van der Waals surface area contributed by atoms with Gasteiger partial charge in [-0.2, -0.15) is 0 Å². The quantitative estimate of drug-likeness (QED) is 0.726. The van der Waals surface area contributed by atoms with Crippen molar-refractivity contribution in [3.05, 3.63) is 60.0 Å². The molecule has 3 N–H and O–H groups in total. The highest BCUT2D eigenvalue weighted by Gasteiger charge is 2.08. The fourth-order valence-corrected chi connectivity index (χ4v) is 2.38. The molecule has 0 aliphatic heterocycles. The van der Waals surface area contributed by atoms with E-state index in [-0.39, 0.29) is 0 Å². The molecule has 0 spiro atoms. The van der Waals surface area contributed by atoms with E-state index in [1.165, 1.54) is 0 Å². The summed E-state index contributed by atoms with van der Waals surface area (Å²) in [5, 5.41) is 4.41. The van der Waals surface area contributed by atoms with E-state index in [0.717, 1.165) is 33.5 Å². The summed E-state index contributed by atoms with van der Waals surface area (Å²) in [4.78, 5) is 9.06. The number of aromatic nitrogens is 2. The summed E-state index contributed by atoms with van der Waals surface area (Å²) in [6.45, 7) is 1.97. The molecule has 2 heterocycles. The number of fused-ring (bicyclic) bond motifs is 1. The molecule has 0 radical (unpaired) electrons. The molecule has 104 valence electrons. The number of hydrogen-bond donors (Lipinski definition) is 2. The molecule has 3 rings (SSSR count). The van der Waals surface area contributed by atoms with Crippen LogP contribution in [0.15, 0.2) is 48.8 Å². The molecular weight excluding hydrogens is 280 g/mol. The largest absolute Gasteiger partial charge is 0.389 e. The highest BCUT2D eigenvalue weighted by molar-refractivity contribution is 7.80. The summed E-state index contributed by atoms with van der Waals surface area (Å²) in [6.07, 6.45) is 3.38. The van der Waals surface area contributed by atoms with Gasteiger partial charge in [-0.3, -0.25) is 9.97 Å². The van der Waals surface area contributed by atoms with Crippen LogP contribution in [-0.4, -0.2) is 15.0 Å². The molecule has 0 fully saturated rings. The van der Waals surface area contributed by atoms with Crippen molar-refractivity contribution < 1.29 is 0 Å². The molecule has 0 atom stereocenters. The molecule has 2 aromatic heterocycles. The van der Waals surface area contributed by atoms with Crippen LogP contribution < -0.4 is 11.1 Å². The summed E-state index contributed by atoms with van der Waals surface area (Å²) in [7, 11) is 0. The van der Waals surface area contributed by atoms with Crippen LogP contribution in [0.3, 0.4) is 0 Å². The number of nitrogens with zero attached hydrogens (tertiary/aromatic N) is 2. The Bertz CT molecular complexity index is 829. The van der Waals surface area contributed by atoms with Gasteiger partial charge in [0, 0.05) is 22.8 Å². The number of nitrogens with two attached hydrogens (primary N) is 1. The molecule has 21 heavy (non-hydrogen) atoms.